The SMILES string of the molecule is CC(=O)OCC1O[C@@H](OCCCCCCCC(=O)CCOCC(COCCC(=O)CCCCCCCO[C@@H]2OC(COC(C)=O)[C@H](C)[C@H](C)C2C)(COCCC(=O)NCCCCCCO[C@@H]2OC(COC(C)=O)[C@H](C)[C@H](C)C2C)NCC(=O)c2ccccc2)C(C)[C@@H](C)[C@H]1C. The molecule has 0 aromatic heterocycles. The van der Waals surface area contributed by atoms with Crippen LogP contribution in [0.15, 0.2) is 30.3 Å². The number of benzene rings is 1. The Labute approximate surface area is 569 Å². The molecule has 1 aromatic rings. The van der Waals surface area contributed by atoms with Crippen LogP contribution in [0.1, 0.15) is 215 Å². The van der Waals surface area contributed by atoms with Crippen molar-refractivity contribution in [3.05, 3.63) is 35.9 Å². The quantitative estimate of drug-likeness (QED) is 0.0266. The first kappa shape index (κ1) is 83.1. The highest BCUT2D eigenvalue weighted by Crippen LogP contribution is 2.38. The minimum Gasteiger partial charge on any atom is -0.463 e. The van der Waals surface area contributed by atoms with Crippen LogP contribution in [0, 0.1) is 53.3 Å². The van der Waals surface area contributed by atoms with Gasteiger partial charge in [0, 0.05) is 103 Å². The van der Waals surface area contributed by atoms with Gasteiger partial charge in [0.15, 0.2) is 24.7 Å². The molecule has 3 saturated heterocycles. The van der Waals surface area contributed by atoms with Gasteiger partial charge in [-0.2, -0.15) is 0 Å². The number of Topliss-reactive ketones (excluding diaryl/α,β-unsaturated/α-hetero) is 3. The minimum atomic E-state index is -1.08. The van der Waals surface area contributed by atoms with Crippen LogP contribution < -0.4 is 10.6 Å². The van der Waals surface area contributed by atoms with Crippen molar-refractivity contribution in [3.63, 3.8) is 0 Å². The fraction of sp³-hybridized carbons (Fsp3) is 0.824. The van der Waals surface area contributed by atoms with E-state index in [1.807, 2.05) is 6.07 Å². The number of carbonyl (C=O) groups excluding carboxylic acids is 7. The molecule has 2 N–H and O–H groups in total. The van der Waals surface area contributed by atoms with Crippen LogP contribution in [0.25, 0.3) is 0 Å². The molecule has 3 heterocycles. The minimum absolute atomic E-state index is 0.0150. The van der Waals surface area contributed by atoms with Crippen LogP contribution in [-0.2, 0) is 85.6 Å². The fourth-order valence-corrected chi connectivity index (χ4v) is 12.5. The van der Waals surface area contributed by atoms with E-state index in [1.165, 1.54) is 20.8 Å². The largest absolute Gasteiger partial charge is 0.463 e. The highest BCUT2D eigenvalue weighted by atomic mass is 16.7. The van der Waals surface area contributed by atoms with Crippen molar-refractivity contribution in [2.75, 3.05) is 92.4 Å². The van der Waals surface area contributed by atoms with E-state index in [4.69, 9.17) is 56.8 Å². The molecule has 95 heavy (non-hydrogen) atoms. The summed E-state index contributed by atoms with van der Waals surface area (Å²) in [5, 5.41) is 6.41. The number of unbranched alkanes of at least 4 members (excludes halogenated alkanes) is 11. The van der Waals surface area contributed by atoms with Crippen molar-refractivity contribution in [2.45, 2.75) is 248 Å². The lowest BCUT2D eigenvalue weighted by Crippen LogP contribution is -2.58. The van der Waals surface area contributed by atoms with E-state index in [-0.39, 0.29) is 199 Å². The number of nitrogens with one attached hydrogen (secondary N) is 2. The van der Waals surface area contributed by atoms with Gasteiger partial charge in [-0.15, -0.1) is 0 Å². The standard InChI is InChI=1S/C74H124N2O19/c1-51-54(4)67(45-90-60(10)77)93-71(57(51)7)87-38-27-18-13-15-24-32-64(80)34-41-84-48-74(76-44-66(82)63-30-22-21-23-31-63,49-85-42-35-65(81)33-25-16-14-19-28-39-88-72-58(8)52(2)55(5)68(94-72)46-91-61(11)78)50-86-43-36-70(83)75-37-26-17-20-29-40-89-73-59(9)53(3)56(6)69(95-73)47-92-62(12)79/h21-23,30-31,51-59,67-69,71-73,76H,13-20,24-29,32-50H2,1-12H3,(H,75,83)/t51-,52-,53-,54+,55+,56+,57?,58?,59?,67?,68?,69?,71+,72+,73+,74?/m0/s1. The lowest BCUT2D eigenvalue weighted by atomic mass is 9.79. The maximum Gasteiger partial charge on any atom is 0.302 e. The Bertz CT molecular complexity index is 2140. The predicted octanol–water partition coefficient (Wildman–Crippen LogP) is 11.6. The fourth-order valence-electron chi connectivity index (χ4n) is 12.5. The van der Waals surface area contributed by atoms with Gasteiger partial charge in [-0.05, 0) is 74.0 Å². The summed E-state index contributed by atoms with van der Waals surface area (Å²) in [6, 6.07) is 8.96. The molecule has 544 valence electrons. The van der Waals surface area contributed by atoms with Crippen molar-refractivity contribution >= 4 is 41.2 Å². The van der Waals surface area contributed by atoms with Gasteiger partial charge in [0.2, 0.25) is 5.91 Å². The third-order valence-electron chi connectivity index (χ3n) is 20.1. The lowest BCUT2D eigenvalue weighted by Gasteiger charge is -2.43. The molecule has 1 aromatic carbocycles. The van der Waals surface area contributed by atoms with Crippen LogP contribution in [-0.4, -0.2) is 176 Å². The number of hydrogen-bond acceptors (Lipinski definition) is 20. The highest BCUT2D eigenvalue weighted by molar-refractivity contribution is 5.97. The molecule has 21 nitrogen and oxygen atoms in total. The zero-order valence-electron chi connectivity index (χ0n) is 60.1. The van der Waals surface area contributed by atoms with Gasteiger partial charge in [0.25, 0.3) is 0 Å². The lowest BCUT2D eigenvalue weighted by molar-refractivity contribution is -0.255. The summed E-state index contributed by atoms with van der Waals surface area (Å²) >= 11 is 0. The van der Waals surface area contributed by atoms with Gasteiger partial charge < -0.3 is 62.2 Å². The number of ketones is 3. The van der Waals surface area contributed by atoms with Crippen LogP contribution in [0.5, 0.6) is 0 Å². The first-order valence-electron chi connectivity index (χ1n) is 36.1. The van der Waals surface area contributed by atoms with E-state index in [0.717, 1.165) is 89.9 Å². The molecule has 3 fully saturated rings. The Balaban J connectivity index is 1.23. The van der Waals surface area contributed by atoms with Crippen molar-refractivity contribution in [1.82, 2.24) is 10.6 Å². The number of amides is 1. The van der Waals surface area contributed by atoms with Crippen LogP contribution >= 0.6 is 0 Å². The molecule has 15 atom stereocenters. The molecule has 0 bridgehead atoms. The van der Waals surface area contributed by atoms with E-state index >= 15 is 0 Å². The predicted molar refractivity (Wildman–Crippen MR) is 361 cm³/mol. The molecule has 0 aliphatic carbocycles. The maximum absolute atomic E-state index is 13.6. The van der Waals surface area contributed by atoms with Gasteiger partial charge in [-0.3, -0.25) is 38.9 Å². The first-order valence-corrected chi connectivity index (χ1v) is 36.1. The van der Waals surface area contributed by atoms with Gasteiger partial charge in [-0.1, -0.05) is 144 Å². The molecular weight excluding hydrogens is 1220 g/mol. The van der Waals surface area contributed by atoms with E-state index in [2.05, 4.69) is 72.9 Å². The normalized spacial score (nSPS) is 26.7. The highest BCUT2D eigenvalue weighted by Gasteiger charge is 2.43. The molecule has 21 heteroatoms. The Morgan fingerprint density at radius 3 is 1.13 bits per heavy atom. The van der Waals surface area contributed by atoms with Crippen molar-refractivity contribution in [1.29, 1.82) is 0 Å². The second-order valence-corrected chi connectivity index (χ2v) is 27.6. The molecule has 0 radical (unpaired) electrons. The van der Waals surface area contributed by atoms with Crippen LogP contribution in [0.2, 0.25) is 0 Å². The summed E-state index contributed by atoms with van der Waals surface area (Å²) in [5.41, 5.74) is -0.555. The van der Waals surface area contributed by atoms with Crippen LogP contribution in [0.4, 0.5) is 0 Å². The number of hydrogen-bond donors (Lipinski definition) is 2. The molecule has 3 aliphatic heterocycles. The Kier molecular flexibility index (Phi) is 41.0. The van der Waals surface area contributed by atoms with E-state index in [9.17, 15) is 33.6 Å². The molecule has 0 saturated carbocycles. The topological polar surface area (TPSA) is 254 Å². The zero-order chi connectivity index (χ0) is 69.5. The average molecular weight is 1350 g/mol. The number of esters is 3. The van der Waals surface area contributed by atoms with E-state index < -0.39 is 5.54 Å². The Morgan fingerprint density at radius 2 is 0.747 bits per heavy atom. The zero-order valence-corrected chi connectivity index (χ0v) is 60.1. The second kappa shape index (κ2) is 46.9. The molecule has 4 rings (SSSR count). The average Bonchev–Trinajstić information content (AvgIpc) is 0.849. The van der Waals surface area contributed by atoms with Crippen molar-refractivity contribution in [3.8, 4) is 0 Å². The van der Waals surface area contributed by atoms with Gasteiger partial charge in [0.05, 0.1) is 70.0 Å². The Hall–Kier alpha value is -4.29. The van der Waals surface area contributed by atoms with E-state index in [0.29, 0.717) is 62.5 Å². The summed E-state index contributed by atoms with van der Waals surface area (Å²) < 4.78 is 71.8. The van der Waals surface area contributed by atoms with Crippen LogP contribution in [0.3, 0.4) is 0 Å². The summed E-state index contributed by atoms with van der Waals surface area (Å²) in [4.78, 5) is 87.4. The maximum atomic E-state index is 13.6. The van der Waals surface area contributed by atoms with Gasteiger partial charge in [0.1, 0.15) is 31.4 Å². The number of rotatable bonds is 51. The molecule has 6 unspecified atom stereocenters. The Morgan fingerprint density at radius 1 is 0.400 bits per heavy atom. The summed E-state index contributed by atoms with van der Waals surface area (Å²) in [6.07, 6.45) is 12.1. The first-order chi connectivity index (χ1) is 45.5. The van der Waals surface area contributed by atoms with Gasteiger partial charge in [-0.25, -0.2) is 0 Å². The summed E-state index contributed by atoms with van der Waals surface area (Å²) in [6.45, 7) is 26.8. The second-order valence-electron chi connectivity index (χ2n) is 27.6. The van der Waals surface area contributed by atoms with Gasteiger partial charge >= 0.3 is 17.9 Å². The number of ether oxygens (including phenoxy) is 12. The molecule has 0 spiro atoms. The van der Waals surface area contributed by atoms with E-state index in [1.54, 1.807) is 24.3 Å². The number of carbonyl (C=O) groups is 7. The molecule has 1 amide bonds. The third-order valence-corrected chi connectivity index (χ3v) is 20.1. The van der Waals surface area contributed by atoms with Crippen molar-refractivity contribution in [2.24, 2.45) is 53.3 Å². The third kappa shape index (κ3) is 32.5. The summed E-state index contributed by atoms with van der Waals surface area (Å²) in [5.74, 6) is 1.27. The van der Waals surface area contributed by atoms with Crippen molar-refractivity contribution < 1.29 is 90.4 Å². The molecular formula is C74H124N2O19. The molecule has 3 aliphatic rings. The monoisotopic (exact) mass is 1340 g/mol. The summed E-state index contributed by atoms with van der Waals surface area (Å²) in [7, 11) is 0. The smallest absolute Gasteiger partial charge is 0.302 e.